The summed E-state index contributed by atoms with van der Waals surface area (Å²) in [5, 5.41) is 23.3. The van der Waals surface area contributed by atoms with E-state index in [1.807, 2.05) is 6.08 Å². The van der Waals surface area contributed by atoms with Gasteiger partial charge in [0.1, 0.15) is 0 Å². The van der Waals surface area contributed by atoms with E-state index in [1.165, 1.54) is 353 Å². The van der Waals surface area contributed by atoms with E-state index >= 15 is 0 Å². The standard InChI is InChI=1S/C73H143NO5/c1-3-5-7-9-11-13-15-17-19-21-23-24-25-26-30-33-37-41-45-49-53-57-61-65-71(76)70(69-75)74-72(77)66-62-58-54-50-46-42-38-34-31-27-28-32-36-40-44-48-52-56-60-64-68-79-73(78)67-63-59-55-51-47-43-39-35-29-22-20-18-16-14-12-10-8-6-4-2/h61,65,70-71,75-76H,3-60,62-64,66-69H2,1-2H3,(H,74,77)/b65-61+. The predicted octanol–water partition coefficient (Wildman–Crippen LogP) is 23.5. The molecule has 1 amide bonds. The molecule has 0 fully saturated rings. The van der Waals surface area contributed by atoms with Gasteiger partial charge in [-0.25, -0.2) is 0 Å². The minimum Gasteiger partial charge on any atom is -0.466 e. The maximum absolute atomic E-state index is 12.5. The van der Waals surface area contributed by atoms with E-state index in [9.17, 15) is 19.8 Å². The van der Waals surface area contributed by atoms with Gasteiger partial charge in [0, 0.05) is 12.8 Å². The lowest BCUT2D eigenvalue weighted by atomic mass is 10.0. The second kappa shape index (κ2) is 69.1. The molecule has 0 aliphatic heterocycles. The number of rotatable bonds is 69. The van der Waals surface area contributed by atoms with Gasteiger partial charge in [0.25, 0.3) is 0 Å². The molecule has 79 heavy (non-hydrogen) atoms. The van der Waals surface area contributed by atoms with Crippen LogP contribution < -0.4 is 5.32 Å². The average molecular weight is 1110 g/mol. The molecule has 0 rings (SSSR count). The highest BCUT2D eigenvalue weighted by Crippen LogP contribution is 2.19. The molecule has 6 nitrogen and oxygen atoms in total. The summed E-state index contributed by atoms with van der Waals surface area (Å²) in [6.45, 7) is 4.95. The maximum atomic E-state index is 12.5. The van der Waals surface area contributed by atoms with Crippen LogP contribution >= 0.6 is 0 Å². The van der Waals surface area contributed by atoms with Crippen molar-refractivity contribution in [2.24, 2.45) is 0 Å². The molecule has 0 aromatic heterocycles. The van der Waals surface area contributed by atoms with E-state index in [1.54, 1.807) is 6.08 Å². The van der Waals surface area contributed by atoms with Crippen LogP contribution in [-0.2, 0) is 14.3 Å². The molecular weight excluding hydrogens is 971 g/mol. The smallest absolute Gasteiger partial charge is 0.305 e. The Balaban J connectivity index is 3.39. The van der Waals surface area contributed by atoms with E-state index in [2.05, 4.69) is 19.2 Å². The second-order valence-electron chi connectivity index (χ2n) is 25.3. The Labute approximate surface area is 495 Å². The minimum absolute atomic E-state index is 0.0161. The van der Waals surface area contributed by atoms with Crippen molar-refractivity contribution < 1.29 is 24.5 Å². The fourth-order valence-corrected chi connectivity index (χ4v) is 11.8. The first-order chi connectivity index (χ1) is 39.0. The molecule has 2 atom stereocenters. The van der Waals surface area contributed by atoms with E-state index < -0.39 is 12.1 Å². The summed E-state index contributed by atoms with van der Waals surface area (Å²) < 4.78 is 5.51. The van der Waals surface area contributed by atoms with Crippen LogP contribution in [0.5, 0.6) is 0 Å². The molecule has 0 aromatic rings. The van der Waals surface area contributed by atoms with Crippen molar-refractivity contribution in [1.82, 2.24) is 5.32 Å². The number of aliphatic hydroxyl groups excluding tert-OH is 2. The number of carbonyl (C=O) groups excluding carboxylic acids is 2. The summed E-state index contributed by atoms with van der Waals surface area (Å²) in [6.07, 6.45) is 85.8. The number of allylic oxidation sites excluding steroid dienone is 1. The van der Waals surface area contributed by atoms with Gasteiger partial charge >= 0.3 is 5.97 Å². The van der Waals surface area contributed by atoms with Gasteiger partial charge in [-0.2, -0.15) is 0 Å². The summed E-state index contributed by atoms with van der Waals surface area (Å²) in [5.41, 5.74) is 0. The number of hydrogen-bond acceptors (Lipinski definition) is 5. The first-order valence-electron chi connectivity index (χ1n) is 36.5. The highest BCUT2D eigenvalue weighted by molar-refractivity contribution is 5.76. The van der Waals surface area contributed by atoms with Crippen LogP contribution in [0.25, 0.3) is 0 Å². The van der Waals surface area contributed by atoms with Crippen LogP contribution in [0.1, 0.15) is 418 Å². The minimum atomic E-state index is -0.847. The summed E-state index contributed by atoms with van der Waals surface area (Å²) in [5.74, 6) is -0.0484. The highest BCUT2D eigenvalue weighted by atomic mass is 16.5. The molecule has 0 bridgehead atoms. The molecule has 6 heteroatoms. The van der Waals surface area contributed by atoms with Crippen LogP contribution in [0.3, 0.4) is 0 Å². The third-order valence-corrected chi connectivity index (χ3v) is 17.3. The van der Waals surface area contributed by atoms with Crippen molar-refractivity contribution in [3.8, 4) is 0 Å². The zero-order valence-electron chi connectivity index (χ0n) is 53.9. The first kappa shape index (κ1) is 77.6. The van der Waals surface area contributed by atoms with Gasteiger partial charge in [-0.15, -0.1) is 0 Å². The fraction of sp³-hybridized carbons (Fsp3) is 0.945. The monoisotopic (exact) mass is 1110 g/mol. The van der Waals surface area contributed by atoms with Crippen LogP contribution in [0.2, 0.25) is 0 Å². The third-order valence-electron chi connectivity index (χ3n) is 17.3. The van der Waals surface area contributed by atoms with Crippen molar-refractivity contribution in [3.05, 3.63) is 12.2 Å². The highest BCUT2D eigenvalue weighted by Gasteiger charge is 2.18. The largest absolute Gasteiger partial charge is 0.466 e. The Morgan fingerprint density at radius 3 is 0.861 bits per heavy atom. The molecule has 470 valence electrons. The quantitative estimate of drug-likeness (QED) is 0.0320. The molecule has 0 aromatic carbocycles. The number of ether oxygens (including phenoxy) is 1. The summed E-state index contributed by atoms with van der Waals surface area (Å²) in [4.78, 5) is 24.7. The van der Waals surface area contributed by atoms with E-state index in [0.717, 1.165) is 38.5 Å². The van der Waals surface area contributed by atoms with Crippen molar-refractivity contribution >= 4 is 11.9 Å². The van der Waals surface area contributed by atoms with Crippen molar-refractivity contribution in [2.75, 3.05) is 13.2 Å². The molecule has 0 saturated heterocycles. The SMILES string of the molecule is CCCCCCCCCCCCCCCCCCCCCCC/C=C/C(O)C(CO)NC(=O)CCCCCCCCCCCCCCCCCCCCCCOC(=O)CCCCCCCCCCCCCCCCCCCCC. The number of unbranched alkanes of at least 4 members (excludes halogenated alkanes) is 58. The van der Waals surface area contributed by atoms with Gasteiger partial charge in [-0.05, 0) is 32.1 Å². The molecule has 0 spiro atoms. The number of amides is 1. The Morgan fingerprint density at radius 2 is 0.582 bits per heavy atom. The van der Waals surface area contributed by atoms with Gasteiger partial charge in [0.15, 0.2) is 0 Å². The van der Waals surface area contributed by atoms with E-state index in [0.29, 0.717) is 19.4 Å². The van der Waals surface area contributed by atoms with Crippen LogP contribution in [-0.4, -0.2) is 47.4 Å². The molecule has 3 N–H and O–H groups in total. The lowest BCUT2D eigenvalue weighted by Gasteiger charge is -2.20. The molecular formula is C73H143NO5. The number of esters is 1. The maximum Gasteiger partial charge on any atom is 0.305 e. The number of carbonyl (C=O) groups is 2. The fourth-order valence-electron chi connectivity index (χ4n) is 11.8. The molecule has 2 unspecified atom stereocenters. The summed E-state index contributed by atoms with van der Waals surface area (Å²) in [7, 11) is 0. The van der Waals surface area contributed by atoms with Gasteiger partial charge < -0.3 is 20.3 Å². The zero-order chi connectivity index (χ0) is 57.1. The summed E-state index contributed by atoms with van der Waals surface area (Å²) in [6, 6.07) is -0.630. The normalized spacial score (nSPS) is 12.5. The van der Waals surface area contributed by atoms with Gasteiger partial charge in [0.05, 0.1) is 25.4 Å². The first-order valence-corrected chi connectivity index (χ1v) is 36.5. The zero-order valence-corrected chi connectivity index (χ0v) is 53.9. The molecule has 0 saturated carbocycles. The average Bonchev–Trinajstić information content (AvgIpc) is 3.45. The third kappa shape index (κ3) is 65.6. The number of hydrogen-bond donors (Lipinski definition) is 3. The van der Waals surface area contributed by atoms with Crippen molar-refractivity contribution in [3.63, 3.8) is 0 Å². The lowest BCUT2D eigenvalue weighted by Crippen LogP contribution is -2.45. The number of aliphatic hydroxyl groups is 2. The second-order valence-corrected chi connectivity index (χ2v) is 25.3. The van der Waals surface area contributed by atoms with E-state index in [-0.39, 0.29) is 18.5 Å². The van der Waals surface area contributed by atoms with Crippen LogP contribution in [0, 0.1) is 0 Å². The van der Waals surface area contributed by atoms with Gasteiger partial charge in [-0.1, -0.05) is 386 Å². The Bertz CT molecular complexity index is 1190. The topological polar surface area (TPSA) is 95.9 Å². The molecule has 0 heterocycles. The Morgan fingerprint density at radius 1 is 0.342 bits per heavy atom. The lowest BCUT2D eigenvalue weighted by molar-refractivity contribution is -0.143. The van der Waals surface area contributed by atoms with Gasteiger partial charge in [0.2, 0.25) is 5.91 Å². The van der Waals surface area contributed by atoms with Crippen LogP contribution in [0.4, 0.5) is 0 Å². The number of nitrogens with one attached hydrogen (secondary N) is 1. The Hall–Kier alpha value is -1.40. The molecule has 0 aliphatic rings. The molecule has 0 aliphatic carbocycles. The summed E-state index contributed by atoms with van der Waals surface area (Å²) >= 11 is 0. The van der Waals surface area contributed by atoms with Gasteiger partial charge in [-0.3, -0.25) is 9.59 Å². The molecule has 0 radical (unpaired) electrons. The van der Waals surface area contributed by atoms with Crippen LogP contribution in [0.15, 0.2) is 12.2 Å². The van der Waals surface area contributed by atoms with Crippen molar-refractivity contribution in [2.45, 2.75) is 431 Å². The Kier molecular flexibility index (Phi) is 67.9. The predicted molar refractivity (Wildman–Crippen MR) is 347 cm³/mol. The van der Waals surface area contributed by atoms with E-state index in [4.69, 9.17) is 4.74 Å². The van der Waals surface area contributed by atoms with Crippen molar-refractivity contribution in [1.29, 1.82) is 0 Å².